The molecule has 0 radical (unpaired) electrons. The molecule has 2 N–H and O–H groups in total. The van der Waals surface area contributed by atoms with Crippen LogP contribution in [0.3, 0.4) is 0 Å². The third-order valence-electron chi connectivity index (χ3n) is 5.29. The van der Waals surface area contributed by atoms with Crippen molar-refractivity contribution in [3.8, 4) is 23.0 Å². The van der Waals surface area contributed by atoms with Gasteiger partial charge in [-0.1, -0.05) is 25.0 Å². The van der Waals surface area contributed by atoms with Gasteiger partial charge in [-0.15, -0.1) is 0 Å². The highest BCUT2D eigenvalue weighted by Gasteiger charge is 2.23. The summed E-state index contributed by atoms with van der Waals surface area (Å²) < 4.78 is 11.3. The number of para-hydroxylation sites is 2. The highest BCUT2D eigenvalue weighted by atomic mass is 16.5. The SMILES string of the molecule is CC(C)Oc1cccc(C=N[C@H]2CCCC[C@@H]2N=Cc2cccc(OC(C)C)c2O)c1O. The number of phenolic OH excluding ortho intramolecular Hbond substituents is 2. The van der Waals surface area contributed by atoms with Crippen molar-refractivity contribution in [3.63, 3.8) is 0 Å². The molecule has 1 saturated carbocycles. The zero-order valence-electron chi connectivity index (χ0n) is 19.4. The molecule has 0 unspecified atom stereocenters. The Labute approximate surface area is 190 Å². The second-order valence-corrected chi connectivity index (χ2v) is 8.70. The minimum absolute atomic E-state index is 0.0197. The third kappa shape index (κ3) is 6.25. The Morgan fingerprint density at radius 1 is 0.750 bits per heavy atom. The van der Waals surface area contributed by atoms with Gasteiger partial charge in [0.05, 0.1) is 24.3 Å². The zero-order valence-corrected chi connectivity index (χ0v) is 19.4. The largest absolute Gasteiger partial charge is 0.504 e. The Kier molecular flexibility index (Phi) is 8.14. The summed E-state index contributed by atoms with van der Waals surface area (Å²) in [4.78, 5) is 9.53. The summed E-state index contributed by atoms with van der Waals surface area (Å²) in [7, 11) is 0. The van der Waals surface area contributed by atoms with E-state index in [9.17, 15) is 10.2 Å². The second kappa shape index (κ2) is 11.0. The van der Waals surface area contributed by atoms with Crippen LogP contribution in [-0.2, 0) is 0 Å². The summed E-state index contributed by atoms with van der Waals surface area (Å²) in [6.07, 6.45) is 7.45. The predicted octanol–water partition coefficient (Wildman–Crippen LogP) is 5.52. The molecule has 1 aliphatic rings. The molecule has 0 spiro atoms. The lowest BCUT2D eigenvalue weighted by Crippen LogP contribution is -2.27. The Morgan fingerprint density at radius 3 is 1.53 bits per heavy atom. The third-order valence-corrected chi connectivity index (χ3v) is 5.29. The van der Waals surface area contributed by atoms with Gasteiger partial charge in [-0.3, -0.25) is 9.98 Å². The Morgan fingerprint density at radius 2 is 1.16 bits per heavy atom. The minimum Gasteiger partial charge on any atom is -0.504 e. The fraction of sp³-hybridized carbons (Fsp3) is 0.462. The van der Waals surface area contributed by atoms with E-state index in [2.05, 4.69) is 0 Å². The van der Waals surface area contributed by atoms with E-state index in [0.29, 0.717) is 22.6 Å². The topological polar surface area (TPSA) is 83.6 Å². The average molecular weight is 439 g/mol. The van der Waals surface area contributed by atoms with Gasteiger partial charge in [0, 0.05) is 23.6 Å². The number of aromatic hydroxyl groups is 2. The van der Waals surface area contributed by atoms with E-state index in [4.69, 9.17) is 19.5 Å². The van der Waals surface area contributed by atoms with Crippen molar-refractivity contribution in [1.29, 1.82) is 0 Å². The molecule has 0 aliphatic heterocycles. The average Bonchev–Trinajstić information content (AvgIpc) is 2.75. The Hall–Kier alpha value is -3.02. The molecular weight excluding hydrogens is 404 g/mol. The number of phenols is 2. The van der Waals surface area contributed by atoms with Crippen LogP contribution in [0.15, 0.2) is 46.4 Å². The maximum absolute atomic E-state index is 10.5. The van der Waals surface area contributed by atoms with Crippen LogP contribution in [0.1, 0.15) is 64.5 Å². The normalized spacial score (nSPS) is 19.3. The first-order valence-corrected chi connectivity index (χ1v) is 11.4. The van der Waals surface area contributed by atoms with Gasteiger partial charge in [0.1, 0.15) is 0 Å². The fourth-order valence-electron chi connectivity index (χ4n) is 3.78. The lowest BCUT2D eigenvalue weighted by atomic mass is 9.91. The van der Waals surface area contributed by atoms with Crippen molar-refractivity contribution in [2.24, 2.45) is 9.98 Å². The van der Waals surface area contributed by atoms with E-state index < -0.39 is 0 Å². The Bertz CT molecular complexity index is 875. The van der Waals surface area contributed by atoms with E-state index in [1.807, 2.05) is 52.0 Å². The summed E-state index contributed by atoms with van der Waals surface area (Å²) in [5.41, 5.74) is 1.26. The van der Waals surface area contributed by atoms with Crippen LogP contribution in [0.4, 0.5) is 0 Å². The van der Waals surface area contributed by atoms with Gasteiger partial charge in [0.2, 0.25) is 0 Å². The van der Waals surface area contributed by atoms with Gasteiger partial charge in [-0.05, 0) is 64.8 Å². The predicted molar refractivity (Wildman–Crippen MR) is 129 cm³/mol. The first-order chi connectivity index (χ1) is 15.3. The standard InChI is InChI=1S/C26H34N2O4/c1-17(2)31-23-13-7-9-19(25(23)29)15-27-21-11-5-6-12-22(21)28-16-20-10-8-14-24(26(20)30)32-18(3)4/h7-10,13-18,21-22,29-30H,5-6,11-12H2,1-4H3/t21-,22-/m0/s1. The monoisotopic (exact) mass is 438 g/mol. The van der Waals surface area contributed by atoms with Crippen molar-refractivity contribution < 1.29 is 19.7 Å². The maximum atomic E-state index is 10.5. The molecule has 1 aliphatic carbocycles. The minimum atomic E-state index is -0.0222. The van der Waals surface area contributed by atoms with Gasteiger partial charge in [-0.2, -0.15) is 0 Å². The summed E-state index contributed by atoms with van der Waals surface area (Å²) in [5, 5.41) is 21.0. The molecule has 0 aromatic heterocycles. The number of rotatable bonds is 8. The highest BCUT2D eigenvalue weighted by Crippen LogP contribution is 2.32. The molecule has 172 valence electrons. The van der Waals surface area contributed by atoms with Crippen LogP contribution in [0.5, 0.6) is 23.0 Å². The van der Waals surface area contributed by atoms with Crippen molar-refractivity contribution in [2.75, 3.05) is 0 Å². The van der Waals surface area contributed by atoms with Crippen molar-refractivity contribution >= 4 is 12.4 Å². The number of benzene rings is 2. The van der Waals surface area contributed by atoms with Crippen LogP contribution >= 0.6 is 0 Å². The lowest BCUT2D eigenvalue weighted by molar-refractivity contribution is 0.231. The number of nitrogens with zero attached hydrogens (tertiary/aromatic N) is 2. The van der Waals surface area contributed by atoms with Crippen LogP contribution in [0.2, 0.25) is 0 Å². The molecule has 32 heavy (non-hydrogen) atoms. The number of ether oxygens (including phenoxy) is 2. The molecule has 6 heteroatoms. The van der Waals surface area contributed by atoms with Crippen LogP contribution in [0.25, 0.3) is 0 Å². The molecule has 0 bridgehead atoms. The molecule has 0 heterocycles. The first kappa shape index (κ1) is 23.6. The summed E-state index contributed by atoms with van der Waals surface area (Å²) in [6.45, 7) is 7.70. The van der Waals surface area contributed by atoms with E-state index in [1.165, 1.54) is 0 Å². The molecular formula is C26H34N2O4. The van der Waals surface area contributed by atoms with Crippen molar-refractivity contribution in [3.05, 3.63) is 47.5 Å². The fourth-order valence-corrected chi connectivity index (χ4v) is 3.78. The van der Waals surface area contributed by atoms with E-state index in [-0.39, 0.29) is 35.8 Å². The molecule has 6 nitrogen and oxygen atoms in total. The second-order valence-electron chi connectivity index (χ2n) is 8.70. The molecule has 1 fully saturated rings. The smallest absolute Gasteiger partial charge is 0.166 e. The van der Waals surface area contributed by atoms with Gasteiger partial charge in [-0.25, -0.2) is 0 Å². The number of hydrogen-bond donors (Lipinski definition) is 2. The van der Waals surface area contributed by atoms with E-state index in [0.717, 1.165) is 25.7 Å². The van der Waals surface area contributed by atoms with Gasteiger partial charge < -0.3 is 19.7 Å². The van der Waals surface area contributed by atoms with Gasteiger partial charge in [0.15, 0.2) is 23.0 Å². The van der Waals surface area contributed by atoms with Gasteiger partial charge >= 0.3 is 0 Å². The summed E-state index contributed by atoms with van der Waals surface area (Å²) in [5.74, 6) is 1.13. The highest BCUT2D eigenvalue weighted by molar-refractivity contribution is 5.86. The lowest BCUT2D eigenvalue weighted by Gasteiger charge is -2.25. The van der Waals surface area contributed by atoms with E-state index >= 15 is 0 Å². The molecule has 2 aromatic rings. The van der Waals surface area contributed by atoms with Crippen molar-refractivity contribution in [2.45, 2.75) is 77.7 Å². The molecule has 0 saturated heterocycles. The zero-order chi connectivity index (χ0) is 23.1. The quantitative estimate of drug-likeness (QED) is 0.532. The maximum Gasteiger partial charge on any atom is 0.166 e. The van der Waals surface area contributed by atoms with Crippen LogP contribution in [0, 0.1) is 0 Å². The summed E-state index contributed by atoms with van der Waals surface area (Å²) >= 11 is 0. The molecule has 2 aromatic carbocycles. The number of hydrogen-bond acceptors (Lipinski definition) is 6. The molecule has 3 rings (SSSR count). The van der Waals surface area contributed by atoms with Crippen LogP contribution in [-0.4, -0.2) is 46.9 Å². The molecule has 2 atom stereocenters. The molecule has 0 amide bonds. The van der Waals surface area contributed by atoms with Crippen LogP contribution < -0.4 is 9.47 Å². The Balaban J connectivity index is 1.76. The summed E-state index contributed by atoms with van der Waals surface area (Å²) in [6, 6.07) is 10.9. The number of aliphatic imine (C=N–C) groups is 2. The van der Waals surface area contributed by atoms with E-state index in [1.54, 1.807) is 24.6 Å². The first-order valence-electron chi connectivity index (χ1n) is 11.4. The van der Waals surface area contributed by atoms with Gasteiger partial charge in [0.25, 0.3) is 0 Å². The van der Waals surface area contributed by atoms with Crippen molar-refractivity contribution in [1.82, 2.24) is 0 Å².